The van der Waals surface area contributed by atoms with E-state index in [1.54, 1.807) is 34.9 Å². The number of rotatable bonds is 5. The maximum absolute atomic E-state index is 12.1. The number of halogens is 1. The SMILES string of the molecule is CCOC(=O)N1CCN(C(=O)NCCOc2cccc(Cl)c2)CC1. The van der Waals surface area contributed by atoms with Crippen LogP contribution >= 0.6 is 11.6 Å². The minimum Gasteiger partial charge on any atom is -0.492 e. The molecule has 0 aliphatic carbocycles. The average molecular weight is 356 g/mol. The number of carbonyl (C=O) groups is 2. The zero-order valence-corrected chi connectivity index (χ0v) is 14.4. The molecule has 1 aromatic carbocycles. The molecule has 0 spiro atoms. The van der Waals surface area contributed by atoms with Gasteiger partial charge in [-0.05, 0) is 25.1 Å². The van der Waals surface area contributed by atoms with Crippen molar-refractivity contribution in [1.82, 2.24) is 15.1 Å². The Morgan fingerprint density at radius 3 is 2.58 bits per heavy atom. The van der Waals surface area contributed by atoms with E-state index in [4.69, 9.17) is 21.1 Å². The van der Waals surface area contributed by atoms with Crippen LogP contribution in [0.1, 0.15) is 6.92 Å². The quantitative estimate of drug-likeness (QED) is 0.822. The summed E-state index contributed by atoms with van der Waals surface area (Å²) in [4.78, 5) is 27.0. The van der Waals surface area contributed by atoms with Crippen molar-refractivity contribution in [3.05, 3.63) is 29.3 Å². The lowest BCUT2D eigenvalue weighted by Crippen LogP contribution is -2.53. The number of hydrogen-bond acceptors (Lipinski definition) is 4. The van der Waals surface area contributed by atoms with Crippen molar-refractivity contribution in [3.8, 4) is 5.75 Å². The number of carbonyl (C=O) groups excluding carboxylic acids is 2. The molecule has 1 heterocycles. The summed E-state index contributed by atoms with van der Waals surface area (Å²) in [5.41, 5.74) is 0. The van der Waals surface area contributed by atoms with Gasteiger partial charge in [0.15, 0.2) is 0 Å². The number of piperazine rings is 1. The van der Waals surface area contributed by atoms with Crippen LogP contribution in [0.4, 0.5) is 9.59 Å². The third-order valence-electron chi connectivity index (χ3n) is 3.54. The van der Waals surface area contributed by atoms with Crippen LogP contribution in [0, 0.1) is 0 Å². The van der Waals surface area contributed by atoms with E-state index in [9.17, 15) is 9.59 Å². The molecule has 132 valence electrons. The summed E-state index contributed by atoms with van der Waals surface area (Å²) in [6.07, 6.45) is -0.326. The first-order valence-corrected chi connectivity index (χ1v) is 8.30. The fourth-order valence-electron chi connectivity index (χ4n) is 2.30. The second-order valence-electron chi connectivity index (χ2n) is 5.21. The van der Waals surface area contributed by atoms with Gasteiger partial charge in [-0.25, -0.2) is 9.59 Å². The first-order valence-electron chi connectivity index (χ1n) is 7.93. The van der Waals surface area contributed by atoms with E-state index in [0.29, 0.717) is 56.7 Å². The predicted molar refractivity (Wildman–Crippen MR) is 90.5 cm³/mol. The lowest BCUT2D eigenvalue weighted by atomic mass is 10.3. The van der Waals surface area contributed by atoms with Crippen molar-refractivity contribution in [2.24, 2.45) is 0 Å². The normalized spacial score (nSPS) is 14.2. The largest absolute Gasteiger partial charge is 0.492 e. The van der Waals surface area contributed by atoms with Gasteiger partial charge in [0.25, 0.3) is 0 Å². The monoisotopic (exact) mass is 355 g/mol. The fourth-order valence-corrected chi connectivity index (χ4v) is 2.48. The third-order valence-corrected chi connectivity index (χ3v) is 3.77. The lowest BCUT2D eigenvalue weighted by Gasteiger charge is -2.33. The number of nitrogens with one attached hydrogen (secondary N) is 1. The number of hydrogen-bond donors (Lipinski definition) is 1. The van der Waals surface area contributed by atoms with E-state index in [-0.39, 0.29) is 12.1 Å². The van der Waals surface area contributed by atoms with E-state index in [1.807, 2.05) is 6.07 Å². The van der Waals surface area contributed by atoms with Gasteiger partial charge >= 0.3 is 12.1 Å². The van der Waals surface area contributed by atoms with E-state index in [1.165, 1.54) is 0 Å². The standard InChI is InChI=1S/C16H22ClN3O4/c1-2-23-16(22)20-9-7-19(8-10-20)15(21)18-6-11-24-14-5-3-4-13(17)12-14/h3-5,12H,2,6-11H2,1H3,(H,18,21). The van der Waals surface area contributed by atoms with Crippen molar-refractivity contribution in [1.29, 1.82) is 0 Å². The Balaban J connectivity index is 1.64. The van der Waals surface area contributed by atoms with Crippen molar-refractivity contribution >= 4 is 23.7 Å². The maximum atomic E-state index is 12.1. The van der Waals surface area contributed by atoms with Gasteiger partial charge in [0.05, 0.1) is 13.2 Å². The number of ether oxygens (including phenoxy) is 2. The highest BCUT2D eigenvalue weighted by molar-refractivity contribution is 6.30. The van der Waals surface area contributed by atoms with Crippen LogP contribution < -0.4 is 10.1 Å². The predicted octanol–water partition coefficient (Wildman–Crippen LogP) is 2.20. The van der Waals surface area contributed by atoms with Crippen LogP contribution in [-0.4, -0.2) is 67.9 Å². The molecule has 0 atom stereocenters. The molecule has 1 aliphatic rings. The molecule has 0 saturated carbocycles. The van der Waals surface area contributed by atoms with Crippen molar-refractivity contribution in [2.45, 2.75) is 6.92 Å². The average Bonchev–Trinajstić information content (AvgIpc) is 2.59. The number of nitrogens with zero attached hydrogens (tertiary/aromatic N) is 2. The lowest BCUT2D eigenvalue weighted by molar-refractivity contribution is 0.0851. The number of amides is 3. The topological polar surface area (TPSA) is 71.1 Å². The van der Waals surface area contributed by atoms with Crippen molar-refractivity contribution < 1.29 is 19.1 Å². The molecule has 1 N–H and O–H groups in total. The Morgan fingerprint density at radius 2 is 1.92 bits per heavy atom. The van der Waals surface area contributed by atoms with Crippen LogP contribution in [0.5, 0.6) is 5.75 Å². The molecular weight excluding hydrogens is 334 g/mol. The Morgan fingerprint density at radius 1 is 1.21 bits per heavy atom. The molecule has 8 heteroatoms. The van der Waals surface area contributed by atoms with Gasteiger partial charge in [-0.3, -0.25) is 0 Å². The Kier molecular flexibility index (Phi) is 6.99. The summed E-state index contributed by atoms with van der Waals surface area (Å²) < 4.78 is 10.5. The number of urea groups is 1. The zero-order valence-electron chi connectivity index (χ0n) is 13.7. The van der Waals surface area contributed by atoms with Gasteiger partial charge in [-0.1, -0.05) is 17.7 Å². The van der Waals surface area contributed by atoms with Gasteiger partial charge in [-0.2, -0.15) is 0 Å². The molecule has 0 bridgehead atoms. The molecular formula is C16H22ClN3O4. The summed E-state index contributed by atoms with van der Waals surface area (Å²) in [5.74, 6) is 0.666. The molecule has 1 aromatic rings. The maximum Gasteiger partial charge on any atom is 0.409 e. The highest BCUT2D eigenvalue weighted by atomic mass is 35.5. The van der Waals surface area contributed by atoms with Crippen molar-refractivity contribution in [3.63, 3.8) is 0 Å². The van der Waals surface area contributed by atoms with Crippen molar-refractivity contribution in [2.75, 3.05) is 45.9 Å². The third kappa shape index (κ3) is 5.49. The minimum absolute atomic E-state index is 0.159. The van der Waals surface area contributed by atoms with Crippen LogP contribution in [0.2, 0.25) is 5.02 Å². The second kappa shape index (κ2) is 9.22. The Labute approximate surface area is 146 Å². The molecule has 1 aliphatic heterocycles. The molecule has 2 rings (SSSR count). The molecule has 0 aromatic heterocycles. The van der Waals surface area contributed by atoms with Gasteiger partial charge in [0, 0.05) is 31.2 Å². The molecule has 0 radical (unpaired) electrons. The molecule has 24 heavy (non-hydrogen) atoms. The smallest absolute Gasteiger partial charge is 0.409 e. The highest BCUT2D eigenvalue weighted by Crippen LogP contribution is 2.16. The molecule has 1 saturated heterocycles. The molecule has 7 nitrogen and oxygen atoms in total. The van der Waals surface area contributed by atoms with E-state index < -0.39 is 0 Å². The van der Waals surface area contributed by atoms with Gasteiger partial charge in [0.1, 0.15) is 12.4 Å². The van der Waals surface area contributed by atoms with Crippen LogP contribution in [-0.2, 0) is 4.74 Å². The molecule has 0 unspecified atom stereocenters. The summed E-state index contributed by atoms with van der Waals surface area (Å²) in [5, 5.41) is 3.41. The summed E-state index contributed by atoms with van der Waals surface area (Å²) in [6, 6.07) is 6.94. The summed E-state index contributed by atoms with van der Waals surface area (Å²) in [6.45, 7) is 4.80. The zero-order chi connectivity index (χ0) is 17.4. The summed E-state index contributed by atoms with van der Waals surface area (Å²) >= 11 is 5.87. The highest BCUT2D eigenvalue weighted by Gasteiger charge is 2.24. The number of benzene rings is 1. The molecule has 1 fully saturated rings. The first-order chi connectivity index (χ1) is 11.6. The van der Waals surface area contributed by atoms with Gasteiger partial charge in [0.2, 0.25) is 0 Å². The Hall–Kier alpha value is -2.15. The van der Waals surface area contributed by atoms with E-state index >= 15 is 0 Å². The minimum atomic E-state index is -0.326. The Bertz CT molecular complexity index is 562. The van der Waals surface area contributed by atoms with Crippen LogP contribution in [0.3, 0.4) is 0 Å². The van der Waals surface area contributed by atoms with Crippen LogP contribution in [0.15, 0.2) is 24.3 Å². The fraction of sp³-hybridized carbons (Fsp3) is 0.500. The van der Waals surface area contributed by atoms with Gasteiger partial charge < -0.3 is 24.6 Å². The van der Waals surface area contributed by atoms with Crippen LogP contribution in [0.25, 0.3) is 0 Å². The van der Waals surface area contributed by atoms with E-state index in [0.717, 1.165) is 0 Å². The van der Waals surface area contributed by atoms with E-state index in [2.05, 4.69) is 5.32 Å². The second-order valence-corrected chi connectivity index (χ2v) is 5.65. The molecule has 3 amide bonds. The van der Waals surface area contributed by atoms with Gasteiger partial charge in [-0.15, -0.1) is 0 Å². The summed E-state index contributed by atoms with van der Waals surface area (Å²) in [7, 11) is 0. The first kappa shape index (κ1) is 18.2.